The number of sulfonamides is 1. The van der Waals surface area contributed by atoms with E-state index in [1.54, 1.807) is 19.1 Å². The first-order valence-corrected chi connectivity index (χ1v) is 9.97. The third kappa shape index (κ3) is 4.19. The Hall–Kier alpha value is -2.82. The standard InChI is InChI=1S/C18H19N3O6S/c1-13-5-6-15(12-17(13)28(25,26)20-7-9-27-10-8-20)19-18(22)14-3-2-4-16(11-14)21(23)24/h2-6,11-12H,7-10H2,1H3,(H,19,22). The van der Waals surface area contributed by atoms with Gasteiger partial charge in [0.15, 0.2) is 0 Å². The van der Waals surface area contributed by atoms with Crippen LogP contribution in [0.1, 0.15) is 15.9 Å². The molecule has 1 amide bonds. The fourth-order valence-corrected chi connectivity index (χ4v) is 4.50. The molecule has 1 aliphatic heterocycles. The molecule has 0 atom stereocenters. The molecule has 0 aromatic heterocycles. The molecule has 10 heteroatoms. The zero-order valence-electron chi connectivity index (χ0n) is 15.1. The molecule has 2 aromatic rings. The Morgan fingerprint density at radius 2 is 1.89 bits per heavy atom. The highest BCUT2D eigenvalue weighted by molar-refractivity contribution is 7.89. The summed E-state index contributed by atoms with van der Waals surface area (Å²) >= 11 is 0. The van der Waals surface area contributed by atoms with E-state index in [1.807, 2.05) is 0 Å². The van der Waals surface area contributed by atoms with Gasteiger partial charge in [-0.05, 0) is 30.7 Å². The van der Waals surface area contributed by atoms with Gasteiger partial charge >= 0.3 is 0 Å². The summed E-state index contributed by atoms with van der Waals surface area (Å²) in [4.78, 5) is 22.8. The number of morpholine rings is 1. The van der Waals surface area contributed by atoms with E-state index >= 15 is 0 Å². The molecule has 1 heterocycles. The molecule has 0 saturated carbocycles. The number of hydrogen-bond donors (Lipinski definition) is 1. The number of amides is 1. The Kier molecular flexibility index (Phi) is 5.73. The average molecular weight is 405 g/mol. The van der Waals surface area contributed by atoms with Crippen LogP contribution in [0.5, 0.6) is 0 Å². The van der Waals surface area contributed by atoms with Gasteiger partial charge in [0.1, 0.15) is 0 Å². The van der Waals surface area contributed by atoms with Gasteiger partial charge < -0.3 is 10.1 Å². The van der Waals surface area contributed by atoms with Crippen LogP contribution in [0.15, 0.2) is 47.4 Å². The van der Waals surface area contributed by atoms with Crippen molar-refractivity contribution < 1.29 is 22.9 Å². The molecule has 0 aliphatic carbocycles. The molecule has 0 bridgehead atoms. The summed E-state index contributed by atoms with van der Waals surface area (Å²) in [6.07, 6.45) is 0. The fourth-order valence-electron chi connectivity index (χ4n) is 2.85. The number of carbonyl (C=O) groups is 1. The third-order valence-electron chi connectivity index (χ3n) is 4.35. The Morgan fingerprint density at radius 3 is 2.57 bits per heavy atom. The summed E-state index contributed by atoms with van der Waals surface area (Å²) in [5, 5.41) is 13.5. The zero-order chi connectivity index (χ0) is 20.3. The van der Waals surface area contributed by atoms with Gasteiger partial charge in [-0.3, -0.25) is 14.9 Å². The lowest BCUT2D eigenvalue weighted by molar-refractivity contribution is -0.384. The van der Waals surface area contributed by atoms with Gasteiger partial charge in [0.05, 0.1) is 23.0 Å². The van der Waals surface area contributed by atoms with E-state index in [0.717, 1.165) is 6.07 Å². The summed E-state index contributed by atoms with van der Waals surface area (Å²) in [6.45, 7) is 2.89. The van der Waals surface area contributed by atoms with E-state index in [-0.39, 0.29) is 34.9 Å². The summed E-state index contributed by atoms with van der Waals surface area (Å²) in [7, 11) is -3.72. The molecule has 1 fully saturated rings. The Labute approximate surface area is 162 Å². The van der Waals surface area contributed by atoms with Gasteiger partial charge in [-0.15, -0.1) is 0 Å². The predicted octanol–water partition coefficient (Wildman–Crippen LogP) is 2.18. The summed E-state index contributed by atoms with van der Waals surface area (Å²) in [6, 6.07) is 9.90. The average Bonchev–Trinajstić information content (AvgIpc) is 2.70. The van der Waals surface area contributed by atoms with E-state index in [1.165, 1.54) is 28.6 Å². The number of nitro groups is 1. The normalized spacial score (nSPS) is 15.2. The Balaban J connectivity index is 1.86. The molecular formula is C18H19N3O6S. The van der Waals surface area contributed by atoms with Gasteiger partial charge in [-0.1, -0.05) is 12.1 Å². The molecule has 3 rings (SSSR count). The number of hydrogen-bond acceptors (Lipinski definition) is 6. The summed E-state index contributed by atoms with van der Waals surface area (Å²) in [5.41, 5.74) is 0.744. The lowest BCUT2D eigenvalue weighted by atomic mass is 10.1. The van der Waals surface area contributed by atoms with Gasteiger partial charge in [0.2, 0.25) is 10.0 Å². The van der Waals surface area contributed by atoms with Gasteiger partial charge in [-0.25, -0.2) is 8.42 Å². The van der Waals surface area contributed by atoms with Crippen molar-refractivity contribution in [3.05, 3.63) is 63.7 Å². The first kappa shape index (κ1) is 19.9. The van der Waals surface area contributed by atoms with Crippen LogP contribution < -0.4 is 5.32 Å². The van der Waals surface area contributed by atoms with E-state index in [9.17, 15) is 23.3 Å². The molecule has 0 radical (unpaired) electrons. The van der Waals surface area contributed by atoms with Crippen LogP contribution in [0.2, 0.25) is 0 Å². The third-order valence-corrected chi connectivity index (χ3v) is 6.39. The number of benzene rings is 2. The summed E-state index contributed by atoms with van der Waals surface area (Å²) < 4.78 is 32.4. The summed E-state index contributed by atoms with van der Waals surface area (Å²) in [5.74, 6) is -0.567. The van der Waals surface area contributed by atoms with Gasteiger partial charge in [0.25, 0.3) is 11.6 Å². The van der Waals surface area contributed by atoms with Crippen molar-refractivity contribution >= 4 is 27.3 Å². The molecule has 1 aliphatic rings. The fraction of sp³-hybridized carbons (Fsp3) is 0.278. The maximum atomic E-state index is 12.9. The molecule has 28 heavy (non-hydrogen) atoms. The minimum Gasteiger partial charge on any atom is -0.379 e. The van der Waals surface area contributed by atoms with Crippen molar-refractivity contribution in [3.8, 4) is 0 Å². The van der Waals surface area contributed by atoms with Crippen molar-refractivity contribution in [1.82, 2.24) is 4.31 Å². The second kappa shape index (κ2) is 8.05. The quantitative estimate of drug-likeness (QED) is 0.601. The predicted molar refractivity (Wildman–Crippen MR) is 102 cm³/mol. The topological polar surface area (TPSA) is 119 Å². The second-order valence-electron chi connectivity index (χ2n) is 6.26. The van der Waals surface area contributed by atoms with E-state index in [2.05, 4.69) is 5.32 Å². The number of anilines is 1. The number of nitro benzene ring substituents is 1. The Morgan fingerprint density at radius 1 is 1.18 bits per heavy atom. The van der Waals surface area contributed by atoms with Crippen molar-refractivity contribution in [2.45, 2.75) is 11.8 Å². The van der Waals surface area contributed by atoms with Crippen LogP contribution in [0.25, 0.3) is 0 Å². The highest BCUT2D eigenvalue weighted by Crippen LogP contribution is 2.25. The molecule has 1 N–H and O–H groups in total. The van der Waals surface area contributed by atoms with Crippen molar-refractivity contribution in [2.75, 3.05) is 31.6 Å². The highest BCUT2D eigenvalue weighted by atomic mass is 32.2. The molecule has 9 nitrogen and oxygen atoms in total. The SMILES string of the molecule is Cc1ccc(NC(=O)c2cccc([N+](=O)[O-])c2)cc1S(=O)(=O)N1CCOCC1. The van der Waals surface area contributed by atoms with Crippen LogP contribution in [0.4, 0.5) is 11.4 Å². The number of nitrogens with zero attached hydrogens (tertiary/aromatic N) is 2. The van der Waals surface area contributed by atoms with Gasteiger partial charge in [-0.2, -0.15) is 4.31 Å². The minimum absolute atomic E-state index is 0.103. The van der Waals surface area contributed by atoms with Crippen LogP contribution in [-0.4, -0.2) is 49.9 Å². The minimum atomic E-state index is -3.72. The Bertz CT molecular complexity index is 1020. The molecular weight excluding hydrogens is 386 g/mol. The molecule has 148 valence electrons. The number of non-ortho nitro benzene ring substituents is 1. The lowest BCUT2D eigenvalue weighted by Gasteiger charge is -2.26. The van der Waals surface area contributed by atoms with Gasteiger partial charge in [0, 0.05) is 36.5 Å². The first-order valence-electron chi connectivity index (χ1n) is 8.53. The van der Waals surface area contributed by atoms with E-state index < -0.39 is 20.9 Å². The van der Waals surface area contributed by atoms with Crippen LogP contribution in [-0.2, 0) is 14.8 Å². The van der Waals surface area contributed by atoms with Crippen LogP contribution in [0.3, 0.4) is 0 Å². The van der Waals surface area contributed by atoms with Crippen LogP contribution in [0, 0.1) is 17.0 Å². The van der Waals surface area contributed by atoms with Crippen molar-refractivity contribution in [1.29, 1.82) is 0 Å². The molecule has 0 unspecified atom stereocenters. The number of ether oxygens (including phenoxy) is 1. The van der Waals surface area contributed by atoms with E-state index in [0.29, 0.717) is 18.8 Å². The second-order valence-corrected chi connectivity index (χ2v) is 8.16. The maximum absolute atomic E-state index is 12.9. The van der Waals surface area contributed by atoms with Crippen molar-refractivity contribution in [2.24, 2.45) is 0 Å². The number of rotatable bonds is 5. The lowest BCUT2D eigenvalue weighted by Crippen LogP contribution is -2.40. The number of carbonyl (C=O) groups excluding carboxylic acids is 1. The molecule has 0 spiro atoms. The van der Waals surface area contributed by atoms with Crippen molar-refractivity contribution in [3.63, 3.8) is 0 Å². The van der Waals surface area contributed by atoms with E-state index in [4.69, 9.17) is 4.74 Å². The highest BCUT2D eigenvalue weighted by Gasteiger charge is 2.28. The zero-order valence-corrected chi connectivity index (χ0v) is 15.9. The molecule has 1 saturated heterocycles. The molecule has 2 aromatic carbocycles. The monoisotopic (exact) mass is 405 g/mol. The maximum Gasteiger partial charge on any atom is 0.270 e. The largest absolute Gasteiger partial charge is 0.379 e. The van der Waals surface area contributed by atoms with Crippen LogP contribution >= 0.6 is 0 Å². The smallest absolute Gasteiger partial charge is 0.270 e. The first-order chi connectivity index (χ1) is 13.3. The number of aryl methyl sites for hydroxylation is 1. The number of nitrogens with one attached hydrogen (secondary N) is 1.